The molecule has 2 heterocycles. The van der Waals surface area contributed by atoms with Crippen LogP contribution in [0.25, 0.3) is 11.1 Å². The van der Waals surface area contributed by atoms with Crippen molar-refractivity contribution in [3.63, 3.8) is 0 Å². The quantitative estimate of drug-likeness (QED) is 0.824. The van der Waals surface area contributed by atoms with Gasteiger partial charge in [-0.05, 0) is 41.5 Å². The van der Waals surface area contributed by atoms with E-state index in [2.05, 4.69) is 13.8 Å². The van der Waals surface area contributed by atoms with E-state index in [1.165, 1.54) is 0 Å². The summed E-state index contributed by atoms with van der Waals surface area (Å²) in [4.78, 5) is 0. The van der Waals surface area contributed by atoms with Gasteiger partial charge < -0.3 is 33.5 Å². The highest BCUT2D eigenvalue weighted by Crippen LogP contribution is 2.58. The lowest BCUT2D eigenvalue weighted by atomic mass is 9.76. The summed E-state index contributed by atoms with van der Waals surface area (Å²) in [5, 5.41) is 11.3. The molecular weight excluding hydrogens is 376 g/mol. The summed E-state index contributed by atoms with van der Waals surface area (Å²) >= 11 is 0. The summed E-state index contributed by atoms with van der Waals surface area (Å²) in [7, 11) is 3.20. The summed E-state index contributed by atoms with van der Waals surface area (Å²) in [6.45, 7) is 4.46. The van der Waals surface area contributed by atoms with Crippen LogP contribution in [0.2, 0.25) is 0 Å². The fraction of sp³-hybridized carbons (Fsp3) is 0.455. The molecule has 3 aliphatic rings. The Hall–Kier alpha value is -2.80. The Balaban J connectivity index is 1.90. The number of rotatable bonds is 2. The van der Waals surface area contributed by atoms with Crippen LogP contribution in [0.5, 0.6) is 34.5 Å². The first kappa shape index (κ1) is 18.2. The number of benzene rings is 2. The van der Waals surface area contributed by atoms with Crippen LogP contribution < -0.4 is 28.4 Å². The zero-order valence-electron chi connectivity index (χ0n) is 16.9. The Morgan fingerprint density at radius 2 is 1.45 bits per heavy atom. The molecule has 0 fully saturated rings. The van der Waals surface area contributed by atoms with E-state index >= 15 is 0 Å². The SMILES string of the molecule is COc1c2c(cc3c1-c1c(cc4c(c1OC)OCO4)[C@@H](O)[C@@H](C)[C@@H](C)C3)OCO2. The van der Waals surface area contributed by atoms with Gasteiger partial charge in [-0.25, -0.2) is 0 Å². The highest BCUT2D eigenvalue weighted by Gasteiger charge is 2.38. The smallest absolute Gasteiger partial charge is 0.231 e. The Kier molecular flexibility index (Phi) is 4.17. The first-order chi connectivity index (χ1) is 14.0. The Morgan fingerprint density at radius 3 is 2.07 bits per heavy atom. The molecule has 2 aromatic rings. The molecule has 5 rings (SSSR count). The second kappa shape index (κ2) is 6.62. The Labute approximate surface area is 169 Å². The van der Waals surface area contributed by atoms with Gasteiger partial charge in [-0.3, -0.25) is 0 Å². The van der Waals surface area contributed by atoms with E-state index in [0.717, 1.165) is 28.7 Å². The zero-order valence-corrected chi connectivity index (χ0v) is 16.9. The molecule has 3 atom stereocenters. The second-order valence-corrected chi connectivity index (χ2v) is 7.77. The van der Waals surface area contributed by atoms with Gasteiger partial charge in [0.15, 0.2) is 23.0 Å². The van der Waals surface area contributed by atoms with E-state index in [4.69, 9.17) is 28.4 Å². The molecular formula is C22H24O7. The maximum atomic E-state index is 11.3. The van der Waals surface area contributed by atoms with Crippen molar-refractivity contribution in [2.45, 2.75) is 26.4 Å². The van der Waals surface area contributed by atoms with Crippen LogP contribution in [0.4, 0.5) is 0 Å². The fourth-order valence-corrected chi connectivity index (χ4v) is 4.54. The molecule has 7 nitrogen and oxygen atoms in total. The van der Waals surface area contributed by atoms with Crippen molar-refractivity contribution in [3.8, 4) is 45.6 Å². The molecule has 154 valence electrons. The minimum absolute atomic E-state index is 0.0170. The monoisotopic (exact) mass is 400 g/mol. The lowest BCUT2D eigenvalue weighted by molar-refractivity contribution is 0.0864. The minimum atomic E-state index is -0.702. The predicted octanol–water partition coefficient (Wildman–Crippen LogP) is 3.69. The number of fused-ring (bicyclic) bond motifs is 5. The number of aliphatic hydroxyl groups is 1. The number of hydrogen-bond acceptors (Lipinski definition) is 7. The minimum Gasteiger partial charge on any atom is -0.492 e. The van der Waals surface area contributed by atoms with Crippen molar-refractivity contribution in [2.24, 2.45) is 11.8 Å². The molecule has 0 bridgehead atoms. The average Bonchev–Trinajstić information content (AvgIpc) is 3.38. The van der Waals surface area contributed by atoms with Gasteiger partial charge >= 0.3 is 0 Å². The molecule has 7 heteroatoms. The fourth-order valence-electron chi connectivity index (χ4n) is 4.54. The van der Waals surface area contributed by atoms with Crippen molar-refractivity contribution in [2.75, 3.05) is 27.8 Å². The molecule has 0 saturated carbocycles. The van der Waals surface area contributed by atoms with E-state index in [9.17, 15) is 5.11 Å². The summed E-state index contributed by atoms with van der Waals surface area (Å²) < 4.78 is 34.3. The normalized spacial score (nSPS) is 23.7. The second-order valence-electron chi connectivity index (χ2n) is 7.77. The largest absolute Gasteiger partial charge is 0.492 e. The van der Waals surface area contributed by atoms with Gasteiger partial charge in [-0.1, -0.05) is 13.8 Å². The van der Waals surface area contributed by atoms with Gasteiger partial charge in [0.05, 0.1) is 20.3 Å². The third-order valence-electron chi connectivity index (χ3n) is 6.27. The van der Waals surface area contributed by atoms with Gasteiger partial charge in [0, 0.05) is 11.1 Å². The number of ether oxygens (including phenoxy) is 6. The van der Waals surface area contributed by atoms with E-state index in [0.29, 0.717) is 34.5 Å². The van der Waals surface area contributed by atoms with Gasteiger partial charge in [0.1, 0.15) is 0 Å². The molecule has 0 aromatic heterocycles. The van der Waals surface area contributed by atoms with Gasteiger partial charge in [0.25, 0.3) is 0 Å². The molecule has 29 heavy (non-hydrogen) atoms. The van der Waals surface area contributed by atoms with Crippen LogP contribution in [0.3, 0.4) is 0 Å². The van der Waals surface area contributed by atoms with Crippen molar-refractivity contribution >= 4 is 0 Å². The summed E-state index contributed by atoms with van der Waals surface area (Å²) in [5.74, 6) is 3.67. The van der Waals surface area contributed by atoms with E-state index < -0.39 is 6.10 Å². The highest BCUT2D eigenvalue weighted by atomic mass is 16.7. The number of methoxy groups -OCH3 is 2. The average molecular weight is 400 g/mol. The van der Waals surface area contributed by atoms with Crippen LogP contribution >= 0.6 is 0 Å². The highest BCUT2D eigenvalue weighted by molar-refractivity contribution is 5.89. The van der Waals surface area contributed by atoms with Crippen LogP contribution in [-0.4, -0.2) is 32.9 Å². The first-order valence-corrected chi connectivity index (χ1v) is 9.73. The van der Waals surface area contributed by atoms with Crippen molar-refractivity contribution < 1.29 is 33.5 Å². The lowest BCUT2D eigenvalue weighted by Crippen LogP contribution is -2.22. The number of aliphatic hydroxyl groups excluding tert-OH is 1. The maximum absolute atomic E-state index is 11.3. The van der Waals surface area contributed by atoms with Crippen LogP contribution in [0, 0.1) is 11.8 Å². The molecule has 0 spiro atoms. The third kappa shape index (κ3) is 2.53. The topological polar surface area (TPSA) is 75.6 Å². The van der Waals surface area contributed by atoms with Crippen LogP contribution in [0.1, 0.15) is 31.1 Å². The molecule has 1 N–H and O–H groups in total. The van der Waals surface area contributed by atoms with E-state index in [1.54, 1.807) is 14.2 Å². The predicted molar refractivity (Wildman–Crippen MR) is 104 cm³/mol. The van der Waals surface area contributed by atoms with Crippen LogP contribution in [0.15, 0.2) is 12.1 Å². The third-order valence-corrected chi connectivity index (χ3v) is 6.27. The van der Waals surface area contributed by atoms with Crippen LogP contribution in [-0.2, 0) is 6.42 Å². The van der Waals surface area contributed by atoms with Gasteiger partial charge in [-0.15, -0.1) is 0 Å². The standard InChI is InChI=1S/C22H24O7/c1-10-5-12-6-14-19(28-8-26-14)21(24-3)16(12)17-13(18(23)11(10)2)7-15-20(22(17)25-4)29-9-27-15/h6-7,10-11,18,23H,5,8-9H2,1-4H3/t10-,11-,18-/m0/s1. The Morgan fingerprint density at radius 1 is 0.862 bits per heavy atom. The molecule has 0 saturated heterocycles. The van der Waals surface area contributed by atoms with Crippen molar-refractivity contribution in [1.29, 1.82) is 0 Å². The van der Waals surface area contributed by atoms with Crippen molar-refractivity contribution in [1.82, 2.24) is 0 Å². The van der Waals surface area contributed by atoms with E-state index in [1.807, 2.05) is 12.1 Å². The molecule has 1 aliphatic carbocycles. The number of hydrogen-bond donors (Lipinski definition) is 1. The molecule has 2 aliphatic heterocycles. The molecule has 0 radical (unpaired) electrons. The van der Waals surface area contributed by atoms with Crippen molar-refractivity contribution in [3.05, 3.63) is 23.3 Å². The van der Waals surface area contributed by atoms with Gasteiger partial charge in [-0.2, -0.15) is 0 Å². The molecule has 2 aromatic carbocycles. The zero-order chi connectivity index (χ0) is 20.3. The maximum Gasteiger partial charge on any atom is 0.231 e. The van der Waals surface area contributed by atoms with Gasteiger partial charge in [0.2, 0.25) is 25.1 Å². The summed E-state index contributed by atoms with van der Waals surface area (Å²) in [6.07, 6.45) is 0.0455. The Bertz CT molecular complexity index is 984. The lowest BCUT2D eigenvalue weighted by Gasteiger charge is -2.32. The molecule has 0 unspecified atom stereocenters. The molecule has 0 amide bonds. The first-order valence-electron chi connectivity index (χ1n) is 9.73. The van der Waals surface area contributed by atoms with E-state index in [-0.39, 0.29) is 25.4 Å². The summed E-state index contributed by atoms with van der Waals surface area (Å²) in [6, 6.07) is 3.86. The summed E-state index contributed by atoms with van der Waals surface area (Å²) in [5.41, 5.74) is 3.35.